The third-order valence-electron chi connectivity index (χ3n) is 9.74. The van der Waals surface area contributed by atoms with Crippen molar-refractivity contribution in [1.29, 1.82) is 0 Å². The van der Waals surface area contributed by atoms with Crippen molar-refractivity contribution in [2.45, 2.75) is 117 Å². The Morgan fingerprint density at radius 1 is 0.800 bits per heavy atom. The Morgan fingerprint density at radius 2 is 1.47 bits per heavy atom. The largest absolute Gasteiger partial charge is 0.548 e. The van der Waals surface area contributed by atoms with Crippen molar-refractivity contribution in [2.24, 2.45) is 34.5 Å². The van der Waals surface area contributed by atoms with Crippen LogP contribution in [0.15, 0.2) is 11.8 Å². The topological polar surface area (TPSA) is 18.5 Å². The molecular weight excluding hydrogens is 400 g/mol. The zero-order valence-corrected chi connectivity index (χ0v) is 23.4. The summed E-state index contributed by atoms with van der Waals surface area (Å²) in [6.45, 7) is 21.8. The predicted molar refractivity (Wildman–Crippen MR) is 132 cm³/mol. The summed E-state index contributed by atoms with van der Waals surface area (Å²) in [6.07, 6.45) is 13.3. The minimum Gasteiger partial charge on any atom is -0.548 e. The fourth-order valence-corrected chi connectivity index (χ4v) is 11.0. The molecule has 0 spiro atoms. The van der Waals surface area contributed by atoms with Crippen molar-refractivity contribution in [1.82, 2.24) is 0 Å². The Kier molecular flexibility index (Phi) is 5.56. The maximum atomic E-state index is 6.95. The van der Waals surface area contributed by atoms with Crippen molar-refractivity contribution in [3.63, 3.8) is 0 Å². The van der Waals surface area contributed by atoms with Gasteiger partial charge in [-0.2, -0.15) is 0 Å². The Hall–Kier alpha value is -0.0662. The van der Waals surface area contributed by atoms with Crippen molar-refractivity contribution >= 4 is 16.6 Å². The summed E-state index contributed by atoms with van der Waals surface area (Å²) in [5.41, 5.74) is 0.944. The van der Waals surface area contributed by atoms with E-state index in [1.165, 1.54) is 57.1 Å². The number of hydrogen-bond donors (Lipinski definition) is 0. The Balaban J connectivity index is 1.56. The number of allylic oxidation sites excluding steroid dienone is 2. The number of fused-ring (bicyclic) bond motifs is 5. The highest BCUT2D eigenvalue weighted by Gasteiger charge is 2.64. The van der Waals surface area contributed by atoms with Crippen LogP contribution < -0.4 is 0 Å². The molecule has 4 aliphatic carbocycles. The van der Waals surface area contributed by atoms with E-state index in [1.807, 2.05) is 0 Å². The zero-order valence-electron chi connectivity index (χ0n) is 21.4. The number of rotatable bonds is 4. The highest BCUT2D eigenvalue weighted by atomic mass is 28.4. The SMILES string of the molecule is CC12CCC(O[Si](C)(C)C)=C[C@@H]1CCC1C2CCC2(C)C1CC[C@]2(C)O[Si](C)(C)C. The van der Waals surface area contributed by atoms with Crippen LogP contribution in [0.5, 0.6) is 0 Å². The summed E-state index contributed by atoms with van der Waals surface area (Å²) in [7, 11) is -3.05. The van der Waals surface area contributed by atoms with E-state index in [0.29, 0.717) is 10.8 Å². The van der Waals surface area contributed by atoms with Crippen LogP contribution in [-0.2, 0) is 8.85 Å². The van der Waals surface area contributed by atoms with Gasteiger partial charge in [-0.3, -0.25) is 0 Å². The summed E-state index contributed by atoms with van der Waals surface area (Å²) in [5, 5.41) is 0. The molecule has 7 atom stereocenters. The lowest BCUT2D eigenvalue weighted by Crippen LogP contribution is -2.57. The molecule has 2 nitrogen and oxygen atoms in total. The molecule has 0 aromatic heterocycles. The van der Waals surface area contributed by atoms with Gasteiger partial charge in [0.15, 0.2) is 8.32 Å². The van der Waals surface area contributed by atoms with E-state index < -0.39 is 16.6 Å². The molecule has 0 bridgehead atoms. The Morgan fingerprint density at radius 3 is 2.10 bits per heavy atom. The standard InChI is InChI=1S/C26H48O2Si2/c1-24-15-12-20(27-29(4,5)6)18-19(24)10-11-21-22(24)13-16-25(2)23(21)14-17-26(25,3)28-30(7,8)9/h18-19,21-23H,10-17H2,1-9H3/t19-,21?,22?,23?,24?,25?,26-/m0/s1. The molecule has 4 heteroatoms. The van der Waals surface area contributed by atoms with Crippen LogP contribution in [-0.4, -0.2) is 22.2 Å². The predicted octanol–water partition coefficient (Wildman–Crippen LogP) is 7.98. The summed E-state index contributed by atoms with van der Waals surface area (Å²) >= 11 is 0. The van der Waals surface area contributed by atoms with Crippen molar-refractivity contribution in [3.05, 3.63) is 11.8 Å². The second kappa shape index (κ2) is 7.22. The zero-order chi connectivity index (χ0) is 22.2. The first-order valence-electron chi connectivity index (χ1n) is 12.8. The summed E-state index contributed by atoms with van der Waals surface area (Å²) in [6, 6.07) is 0. The van der Waals surface area contributed by atoms with Gasteiger partial charge in [-0.25, -0.2) is 0 Å². The molecule has 0 amide bonds. The molecular formula is C26H48O2Si2. The normalized spacial score (nSPS) is 46.5. The van der Waals surface area contributed by atoms with Gasteiger partial charge in [-0.1, -0.05) is 13.8 Å². The Labute approximate surface area is 188 Å². The maximum Gasteiger partial charge on any atom is 0.241 e. The lowest BCUT2D eigenvalue weighted by molar-refractivity contribution is -0.130. The molecule has 4 rings (SSSR count). The van der Waals surface area contributed by atoms with Gasteiger partial charge in [0.2, 0.25) is 8.32 Å². The van der Waals surface area contributed by atoms with Crippen molar-refractivity contribution in [2.75, 3.05) is 0 Å². The van der Waals surface area contributed by atoms with Crippen molar-refractivity contribution < 1.29 is 8.85 Å². The molecule has 0 radical (unpaired) electrons. The van der Waals surface area contributed by atoms with Crippen LogP contribution in [0, 0.1) is 34.5 Å². The molecule has 4 aliphatic rings. The third kappa shape index (κ3) is 3.81. The first-order valence-corrected chi connectivity index (χ1v) is 19.6. The summed E-state index contributed by atoms with van der Waals surface area (Å²) in [4.78, 5) is 0. The minimum atomic E-state index is -1.55. The van der Waals surface area contributed by atoms with Gasteiger partial charge in [0, 0.05) is 6.42 Å². The Bertz CT molecular complexity index is 705. The van der Waals surface area contributed by atoms with Gasteiger partial charge in [-0.15, -0.1) is 0 Å². The molecule has 0 aromatic rings. The maximum absolute atomic E-state index is 6.95. The first-order chi connectivity index (χ1) is 13.7. The first kappa shape index (κ1) is 23.1. The average Bonchev–Trinajstić information content (AvgIpc) is 2.83. The van der Waals surface area contributed by atoms with Crippen LogP contribution in [0.1, 0.15) is 72.1 Å². The van der Waals surface area contributed by atoms with Crippen LogP contribution >= 0.6 is 0 Å². The van der Waals surface area contributed by atoms with Gasteiger partial charge in [0.1, 0.15) is 0 Å². The summed E-state index contributed by atoms with van der Waals surface area (Å²) in [5.74, 6) is 4.72. The molecule has 5 unspecified atom stereocenters. The molecule has 0 aliphatic heterocycles. The van der Waals surface area contributed by atoms with E-state index in [-0.39, 0.29) is 5.60 Å². The van der Waals surface area contributed by atoms with Gasteiger partial charge in [0.05, 0.1) is 11.4 Å². The van der Waals surface area contributed by atoms with Crippen LogP contribution in [0.3, 0.4) is 0 Å². The van der Waals surface area contributed by atoms with Crippen LogP contribution in [0.4, 0.5) is 0 Å². The summed E-state index contributed by atoms with van der Waals surface area (Å²) < 4.78 is 13.4. The molecule has 0 saturated heterocycles. The monoisotopic (exact) mass is 448 g/mol. The van der Waals surface area contributed by atoms with Gasteiger partial charge in [0.25, 0.3) is 0 Å². The van der Waals surface area contributed by atoms with E-state index in [0.717, 1.165) is 23.7 Å². The van der Waals surface area contributed by atoms with Crippen molar-refractivity contribution in [3.8, 4) is 0 Å². The van der Waals surface area contributed by atoms with E-state index >= 15 is 0 Å². The fraction of sp³-hybridized carbons (Fsp3) is 0.923. The lowest BCUT2D eigenvalue weighted by Gasteiger charge is -2.61. The fourth-order valence-electron chi connectivity index (χ4n) is 8.38. The molecule has 3 saturated carbocycles. The van der Waals surface area contributed by atoms with Gasteiger partial charge >= 0.3 is 0 Å². The van der Waals surface area contributed by atoms with Gasteiger partial charge in [-0.05, 0) is 132 Å². The van der Waals surface area contributed by atoms with E-state index in [2.05, 4.69) is 66.1 Å². The third-order valence-corrected chi connectivity index (χ3v) is 11.7. The highest BCUT2D eigenvalue weighted by molar-refractivity contribution is 6.70. The molecule has 3 fully saturated rings. The van der Waals surface area contributed by atoms with E-state index in [9.17, 15) is 0 Å². The van der Waals surface area contributed by atoms with E-state index in [1.54, 1.807) is 0 Å². The molecule has 0 aromatic carbocycles. The van der Waals surface area contributed by atoms with Gasteiger partial charge < -0.3 is 8.85 Å². The highest BCUT2D eigenvalue weighted by Crippen LogP contribution is 2.68. The molecule has 0 N–H and O–H groups in total. The molecule has 30 heavy (non-hydrogen) atoms. The quantitative estimate of drug-likeness (QED) is 0.406. The lowest BCUT2D eigenvalue weighted by atomic mass is 9.45. The van der Waals surface area contributed by atoms with E-state index in [4.69, 9.17) is 8.85 Å². The average molecular weight is 449 g/mol. The molecule has 0 heterocycles. The van der Waals surface area contributed by atoms with Crippen LogP contribution in [0.2, 0.25) is 39.3 Å². The second-order valence-electron chi connectivity index (χ2n) is 13.9. The smallest absolute Gasteiger partial charge is 0.241 e. The number of hydrogen-bond acceptors (Lipinski definition) is 2. The second-order valence-corrected chi connectivity index (χ2v) is 22.7. The molecule has 172 valence electrons. The minimum absolute atomic E-state index is 0.0929. The van der Waals surface area contributed by atoms with Crippen LogP contribution in [0.25, 0.3) is 0 Å².